The summed E-state index contributed by atoms with van der Waals surface area (Å²) < 4.78 is 45.7. The van der Waals surface area contributed by atoms with Crippen LogP contribution in [0, 0.1) is 5.82 Å². The van der Waals surface area contributed by atoms with Crippen LogP contribution in [0.3, 0.4) is 0 Å². The number of benzene rings is 1. The van der Waals surface area contributed by atoms with E-state index in [1.54, 1.807) is 9.80 Å². The summed E-state index contributed by atoms with van der Waals surface area (Å²) >= 11 is 5.92. The molecule has 0 saturated carbocycles. The molecule has 9 nitrogen and oxygen atoms in total. The minimum Gasteiger partial charge on any atom is -0.366 e. The molecule has 3 aliphatic rings. The van der Waals surface area contributed by atoms with E-state index in [9.17, 15) is 22.4 Å². The lowest BCUT2D eigenvalue weighted by Crippen LogP contribution is -2.63. The molecule has 30 heavy (non-hydrogen) atoms. The molecule has 3 amide bonds. The zero-order valence-electron chi connectivity index (χ0n) is 16.1. The molecule has 4 rings (SSSR count). The number of sulfonamides is 1. The van der Waals surface area contributed by atoms with Crippen molar-refractivity contribution in [3.63, 3.8) is 0 Å². The lowest BCUT2D eigenvalue weighted by Gasteiger charge is -2.43. The Bertz CT molecular complexity index is 954. The third-order valence-corrected chi connectivity index (χ3v) is 8.00. The van der Waals surface area contributed by atoms with Crippen LogP contribution in [0.4, 0.5) is 9.18 Å². The van der Waals surface area contributed by atoms with Crippen LogP contribution in [0.2, 0.25) is 5.02 Å². The van der Waals surface area contributed by atoms with E-state index in [2.05, 4.69) is 5.32 Å². The van der Waals surface area contributed by atoms with E-state index in [0.29, 0.717) is 19.5 Å². The lowest BCUT2D eigenvalue weighted by atomic mass is 10.0. The number of amides is 3. The monoisotopic (exact) mass is 460 g/mol. The molecule has 0 unspecified atom stereocenters. The summed E-state index contributed by atoms with van der Waals surface area (Å²) in [6, 6.07) is 2.74. The highest BCUT2D eigenvalue weighted by Gasteiger charge is 2.39. The topological polar surface area (TPSA) is 99.3 Å². The van der Waals surface area contributed by atoms with E-state index in [4.69, 9.17) is 16.3 Å². The lowest BCUT2D eigenvalue weighted by molar-refractivity contribution is -0.139. The summed E-state index contributed by atoms with van der Waals surface area (Å²) in [6.45, 7) is 1.60. The van der Waals surface area contributed by atoms with Gasteiger partial charge in [-0.2, -0.15) is 4.31 Å². The van der Waals surface area contributed by atoms with Crippen molar-refractivity contribution in [3.05, 3.63) is 29.0 Å². The van der Waals surface area contributed by atoms with Crippen molar-refractivity contribution in [3.8, 4) is 0 Å². The molecule has 3 heterocycles. The maximum Gasteiger partial charge on any atom is 0.320 e. The van der Waals surface area contributed by atoms with E-state index in [1.165, 1.54) is 4.31 Å². The Balaban J connectivity index is 1.37. The average Bonchev–Trinajstić information content (AvgIpc) is 2.72. The maximum atomic E-state index is 13.2. The van der Waals surface area contributed by atoms with Crippen molar-refractivity contribution in [2.45, 2.75) is 23.5 Å². The number of morpholine rings is 1. The fourth-order valence-electron chi connectivity index (χ4n) is 4.02. The first-order valence-electron chi connectivity index (χ1n) is 9.66. The van der Waals surface area contributed by atoms with Crippen LogP contribution in [0.25, 0.3) is 0 Å². The smallest absolute Gasteiger partial charge is 0.320 e. The normalized spacial score (nSPS) is 25.6. The number of hydrogen-bond donors (Lipinski definition) is 1. The van der Waals surface area contributed by atoms with Crippen LogP contribution in [0.15, 0.2) is 23.1 Å². The Labute approximate surface area is 178 Å². The second-order valence-corrected chi connectivity index (χ2v) is 9.82. The number of nitrogens with zero attached hydrogens (tertiary/aromatic N) is 3. The van der Waals surface area contributed by atoms with Gasteiger partial charge >= 0.3 is 6.03 Å². The molecule has 1 aromatic rings. The van der Waals surface area contributed by atoms with Gasteiger partial charge in [0, 0.05) is 39.3 Å². The van der Waals surface area contributed by atoms with Crippen molar-refractivity contribution in [2.24, 2.45) is 0 Å². The van der Waals surface area contributed by atoms with Crippen LogP contribution in [0.5, 0.6) is 0 Å². The molecule has 12 heteroatoms. The molecular weight excluding hydrogens is 439 g/mol. The van der Waals surface area contributed by atoms with Crippen LogP contribution >= 0.6 is 11.6 Å². The molecule has 0 bridgehead atoms. The van der Waals surface area contributed by atoms with Gasteiger partial charge in [0.25, 0.3) is 0 Å². The third kappa shape index (κ3) is 4.11. The molecule has 3 fully saturated rings. The van der Waals surface area contributed by atoms with Crippen molar-refractivity contribution < 1.29 is 27.1 Å². The van der Waals surface area contributed by atoms with Gasteiger partial charge in [-0.3, -0.25) is 4.79 Å². The van der Waals surface area contributed by atoms with Crippen molar-refractivity contribution in [2.75, 3.05) is 45.9 Å². The van der Waals surface area contributed by atoms with E-state index >= 15 is 0 Å². The van der Waals surface area contributed by atoms with Gasteiger partial charge in [-0.15, -0.1) is 0 Å². The first kappa shape index (κ1) is 21.3. The molecule has 3 aliphatic heterocycles. The molecule has 2 atom stereocenters. The third-order valence-electron chi connectivity index (χ3n) is 5.62. The second-order valence-electron chi connectivity index (χ2n) is 7.51. The molecule has 1 N–H and O–H groups in total. The number of carbonyl (C=O) groups is 2. The van der Waals surface area contributed by atoms with Crippen molar-refractivity contribution >= 4 is 33.6 Å². The predicted octanol–water partition coefficient (Wildman–Crippen LogP) is 0.495. The fraction of sp³-hybridized carbons (Fsp3) is 0.556. The summed E-state index contributed by atoms with van der Waals surface area (Å²) in [4.78, 5) is 27.6. The Morgan fingerprint density at radius 1 is 1.17 bits per heavy atom. The molecule has 1 aromatic carbocycles. The summed E-state index contributed by atoms with van der Waals surface area (Å²) in [6.07, 6.45) is 0.544. The van der Waals surface area contributed by atoms with Crippen molar-refractivity contribution in [1.29, 1.82) is 0 Å². The molecule has 0 spiro atoms. The molecular formula is C18H22ClFN4O5S. The fourth-order valence-corrected chi connectivity index (χ4v) is 5.94. The Morgan fingerprint density at radius 2 is 1.90 bits per heavy atom. The molecule has 0 radical (unpaired) electrons. The Hall–Kier alpha value is -1.95. The summed E-state index contributed by atoms with van der Waals surface area (Å²) in [5, 5.41) is 2.68. The van der Waals surface area contributed by atoms with E-state index < -0.39 is 15.8 Å². The first-order chi connectivity index (χ1) is 14.3. The van der Waals surface area contributed by atoms with Gasteiger partial charge in [-0.25, -0.2) is 17.6 Å². The van der Waals surface area contributed by atoms with Gasteiger partial charge in [0.15, 0.2) is 0 Å². The molecule has 0 aromatic heterocycles. The van der Waals surface area contributed by atoms with Crippen LogP contribution < -0.4 is 5.32 Å². The van der Waals surface area contributed by atoms with Gasteiger partial charge in [-0.1, -0.05) is 11.6 Å². The number of piperazine rings is 1. The van der Waals surface area contributed by atoms with Gasteiger partial charge in [0.2, 0.25) is 15.9 Å². The van der Waals surface area contributed by atoms with Gasteiger partial charge in [0.1, 0.15) is 17.3 Å². The maximum absolute atomic E-state index is 13.2. The largest absolute Gasteiger partial charge is 0.366 e. The number of halogens is 2. The van der Waals surface area contributed by atoms with Gasteiger partial charge < -0.3 is 19.9 Å². The summed E-state index contributed by atoms with van der Waals surface area (Å²) in [7, 11) is -3.89. The second kappa shape index (κ2) is 8.29. The van der Waals surface area contributed by atoms with Crippen molar-refractivity contribution in [1.82, 2.24) is 19.4 Å². The minimum absolute atomic E-state index is 0.0453. The number of piperidine rings is 1. The van der Waals surface area contributed by atoms with E-state index in [0.717, 1.165) is 18.2 Å². The Morgan fingerprint density at radius 3 is 2.60 bits per heavy atom. The van der Waals surface area contributed by atoms with E-state index in [-0.39, 0.29) is 66.8 Å². The van der Waals surface area contributed by atoms with Gasteiger partial charge in [0.05, 0.1) is 17.2 Å². The molecule has 0 aliphatic carbocycles. The number of rotatable bonds is 2. The zero-order chi connectivity index (χ0) is 21.5. The SMILES string of the molecule is O=C1CO[C@H]2CCN(C(=O)N3CCN(S(=O)(=O)c4ccc(F)cc4Cl)CC3)C[C@H]2N1. The number of nitrogens with one attached hydrogen (secondary N) is 1. The molecule has 164 valence electrons. The Kier molecular flexibility index (Phi) is 5.88. The molecule has 3 saturated heterocycles. The highest BCUT2D eigenvalue weighted by Crippen LogP contribution is 2.26. The standard InChI is InChI=1S/C18H22ClFN4O5S/c19-13-9-12(20)1-2-16(13)30(27,28)24-7-5-22(6-8-24)18(26)23-4-3-15-14(10-23)21-17(25)11-29-15/h1-2,9,14-15H,3-8,10-11H2,(H,21,25)/t14-,15+/m1/s1. The van der Waals surface area contributed by atoms with Crippen LogP contribution in [-0.4, -0.2) is 92.5 Å². The first-order valence-corrected chi connectivity index (χ1v) is 11.5. The zero-order valence-corrected chi connectivity index (χ0v) is 17.7. The van der Waals surface area contributed by atoms with E-state index in [1.807, 2.05) is 0 Å². The van der Waals surface area contributed by atoms with Crippen LogP contribution in [-0.2, 0) is 19.6 Å². The number of ether oxygens (including phenoxy) is 1. The number of urea groups is 1. The predicted molar refractivity (Wildman–Crippen MR) is 105 cm³/mol. The van der Waals surface area contributed by atoms with Crippen LogP contribution in [0.1, 0.15) is 6.42 Å². The minimum atomic E-state index is -3.89. The average molecular weight is 461 g/mol. The number of carbonyl (C=O) groups excluding carboxylic acids is 2. The quantitative estimate of drug-likeness (QED) is 0.692. The number of hydrogen-bond acceptors (Lipinski definition) is 5. The highest BCUT2D eigenvalue weighted by molar-refractivity contribution is 7.89. The highest BCUT2D eigenvalue weighted by atomic mass is 35.5. The number of likely N-dealkylation sites (tertiary alicyclic amines) is 1. The van der Waals surface area contributed by atoms with Gasteiger partial charge in [-0.05, 0) is 24.6 Å². The number of fused-ring (bicyclic) bond motifs is 1. The summed E-state index contributed by atoms with van der Waals surface area (Å²) in [5.41, 5.74) is 0. The summed E-state index contributed by atoms with van der Waals surface area (Å²) in [5.74, 6) is -0.804.